The van der Waals surface area contributed by atoms with Crippen LogP contribution >= 0.6 is 0 Å². The molecule has 0 fully saturated rings. The Labute approximate surface area is 104 Å². The predicted molar refractivity (Wildman–Crippen MR) is 66.1 cm³/mol. The molecule has 0 aliphatic carbocycles. The molecule has 1 aromatic rings. The second-order valence-electron chi connectivity index (χ2n) is 3.82. The number of hydrogen-bond acceptors (Lipinski definition) is 4. The first-order valence-corrected chi connectivity index (χ1v) is 5.28. The maximum atomic E-state index is 11.4. The summed E-state index contributed by atoms with van der Waals surface area (Å²) in [6, 6.07) is 5.32. The van der Waals surface area contributed by atoms with Crippen LogP contribution in [-0.4, -0.2) is 35.4 Å². The molecule has 0 bridgehead atoms. The minimum Gasteiger partial charge on any atom is -0.480 e. The summed E-state index contributed by atoms with van der Waals surface area (Å²) in [5.41, 5.74) is 1.01. The lowest BCUT2D eigenvalue weighted by Gasteiger charge is -2.07. The molecule has 1 rings (SSSR count). The highest BCUT2D eigenvalue weighted by Gasteiger charge is 2.16. The van der Waals surface area contributed by atoms with Crippen molar-refractivity contribution >= 4 is 24.3 Å². The molecule has 0 saturated carbocycles. The molecule has 1 N–H and O–H groups in total. The SMILES string of the molecule is C=NC(Cc1ccc(C(=O)C(C)=O)cc1)C(=O)O. The fourth-order valence-electron chi connectivity index (χ4n) is 1.45. The Morgan fingerprint density at radius 3 is 2.22 bits per heavy atom. The van der Waals surface area contributed by atoms with Gasteiger partial charge in [0.25, 0.3) is 0 Å². The summed E-state index contributed by atoms with van der Waals surface area (Å²) in [5.74, 6) is -2.13. The third kappa shape index (κ3) is 3.35. The van der Waals surface area contributed by atoms with Gasteiger partial charge in [0.1, 0.15) is 0 Å². The molecule has 1 aromatic carbocycles. The number of benzene rings is 1. The number of carbonyl (C=O) groups is 3. The van der Waals surface area contributed by atoms with Crippen LogP contribution in [0.3, 0.4) is 0 Å². The molecule has 1 unspecified atom stereocenters. The summed E-state index contributed by atoms with van der Waals surface area (Å²) < 4.78 is 0. The smallest absolute Gasteiger partial charge is 0.328 e. The molecule has 1 atom stereocenters. The number of hydrogen-bond donors (Lipinski definition) is 1. The van der Waals surface area contributed by atoms with Crippen LogP contribution in [-0.2, 0) is 16.0 Å². The number of aliphatic carboxylic acids is 1. The van der Waals surface area contributed by atoms with Crippen LogP contribution in [0.15, 0.2) is 29.3 Å². The number of nitrogens with zero attached hydrogens (tertiary/aromatic N) is 1. The first-order chi connectivity index (χ1) is 8.45. The van der Waals surface area contributed by atoms with Crippen molar-refractivity contribution in [1.82, 2.24) is 0 Å². The zero-order valence-corrected chi connectivity index (χ0v) is 9.92. The van der Waals surface area contributed by atoms with Crippen molar-refractivity contribution in [3.8, 4) is 0 Å². The highest BCUT2D eigenvalue weighted by molar-refractivity contribution is 6.42. The Hall–Kier alpha value is -2.30. The number of carboxylic acid groups (broad SMARTS) is 1. The van der Waals surface area contributed by atoms with Gasteiger partial charge in [0, 0.05) is 18.9 Å². The Balaban J connectivity index is 2.83. The molecule has 94 valence electrons. The van der Waals surface area contributed by atoms with Gasteiger partial charge in [-0.2, -0.15) is 0 Å². The second kappa shape index (κ2) is 5.86. The molecule has 0 aliphatic rings. The van der Waals surface area contributed by atoms with Crippen molar-refractivity contribution in [2.75, 3.05) is 0 Å². The minimum atomic E-state index is -1.05. The standard InChI is InChI=1S/C13H13NO4/c1-8(15)12(16)10-5-3-9(4-6-10)7-11(14-2)13(17)18/h3-6,11H,2,7H2,1H3,(H,17,18). The van der Waals surface area contributed by atoms with Gasteiger partial charge in [-0.3, -0.25) is 14.6 Å². The minimum absolute atomic E-state index is 0.202. The molecule has 0 amide bonds. The number of aliphatic imine (C=N–C) groups is 1. The van der Waals surface area contributed by atoms with Gasteiger partial charge < -0.3 is 5.11 Å². The van der Waals surface area contributed by atoms with Crippen molar-refractivity contribution in [2.24, 2.45) is 4.99 Å². The Kier molecular flexibility index (Phi) is 4.48. The molecule has 0 saturated heterocycles. The maximum Gasteiger partial charge on any atom is 0.328 e. The molecule has 0 spiro atoms. The molecule has 0 aromatic heterocycles. The molecule has 5 nitrogen and oxygen atoms in total. The highest BCUT2D eigenvalue weighted by Crippen LogP contribution is 2.09. The van der Waals surface area contributed by atoms with Gasteiger partial charge >= 0.3 is 5.97 Å². The van der Waals surface area contributed by atoms with Crippen LogP contribution < -0.4 is 0 Å². The number of Topliss-reactive ketones (excluding diaryl/α,β-unsaturated/α-hetero) is 2. The summed E-state index contributed by atoms with van der Waals surface area (Å²) in [5, 5.41) is 8.82. The van der Waals surface area contributed by atoms with Crippen LogP contribution in [0.25, 0.3) is 0 Å². The molecule has 5 heteroatoms. The summed E-state index contributed by atoms with van der Waals surface area (Å²) in [6.45, 7) is 4.42. The van der Waals surface area contributed by atoms with E-state index in [9.17, 15) is 14.4 Å². The maximum absolute atomic E-state index is 11.4. The summed E-state index contributed by atoms with van der Waals surface area (Å²) in [7, 11) is 0. The lowest BCUT2D eigenvalue weighted by molar-refractivity contribution is -0.138. The number of rotatable bonds is 6. The van der Waals surface area contributed by atoms with Crippen LogP contribution in [0.4, 0.5) is 0 Å². The van der Waals surface area contributed by atoms with E-state index in [0.29, 0.717) is 5.56 Å². The number of carboxylic acids is 1. The van der Waals surface area contributed by atoms with Gasteiger partial charge in [0.15, 0.2) is 11.8 Å². The predicted octanol–water partition coefficient (Wildman–Crippen LogP) is 1.15. The lowest BCUT2D eigenvalue weighted by atomic mass is 10.0. The van der Waals surface area contributed by atoms with Crippen LogP contribution in [0.5, 0.6) is 0 Å². The topological polar surface area (TPSA) is 83.8 Å². The van der Waals surface area contributed by atoms with Crippen LogP contribution in [0.1, 0.15) is 22.8 Å². The first-order valence-electron chi connectivity index (χ1n) is 5.28. The third-order valence-electron chi connectivity index (χ3n) is 2.47. The Bertz CT molecular complexity index is 490. The van der Waals surface area contributed by atoms with Crippen molar-refractivity contribution < 1.29 is 19.5 Å². The van der Waals surface area contributed by atoms with Crippen molar-refractivity contribution in [3.05, 3.63) is 35.4 Å². The number of carbonyl (C=O) groups excluding carboxylic acids is 2. The van der Waals surface area contributed by atoms with E-state index >= 15 is 0 Å². The van der Waals surface area contributed by atoms with E-state index in [0.717, 1.165) is 5.56 Å². The largest absolute Gasteiger partial charge is 0.480 e. The molecule has 0 aliphatic heterocycles. The monoisotopic (exact) mass is 247 g/mol. The Morgan fingerprint density at radius 2 is 1.83 bits per heavy atom. The van der Waals surface area contributed by atoms with Crippen molar-refractivity contribution in [3.63, 3.8) is 0 Å². The van der Waals surface area contributed by atoms with E-state index in [4.69, 9.17) is 5.11 Å². The van der Waals surface area contributed by atoms with E-state index < -0.39 is 23.6 Å². The highest BCUT2D eigenvalue weighted by atomic mass is 16.4. The van der Waals surface area contributed by atoms with Gasteiger partial charge in [0.2, 0.25) is 5.78 Å². The average molecular weight is 247 g/mol. The van der Waals surface area contributed by atoms with Crippen LogP contribution in [0, 0.1) is 0 Å². The van der Waals surface area contributed by atoms with E-state index in [1.807, 2.05) is 0 Å². The van der Waals surface area contributed by atoms with Crippen molar-refractivity contribution in [1.29, 1.82) is 0 Å². The fraction of sp³-hybridized carbons (Fsp3) is 0.231. The molecule has 0 radical (unpaired) electrons. The molecular formula is C13H13NO4. The molecule has 18 heavy (non-hydrogen) atoms. The summed E-state index contributed by atoms with van der Waals surface area (Å²) in [6.07, 6.45) is 0.202. The van der Waals surface area contributed by atoms with Crippen molar-refractivity contribution in [2.45, 2.75) is 19.4 Å². The molecular weight excluding hydrogens is 234 g/mol. The number of ketones is 2. The quantitative estimate of drug-likeness (QED) is 0.464. The first kappa shape index (κ1) is 13.8. The molecule has 0 heterocycles. The second-order valence-corrected chi connectivity index (χ2v) is 3.82. The zero-order valence-electron chi connectivity index (χ0n) is 9.92. The van der Waals surface area contributed by atoms with Gasteiger partial charge in [-0.25, -0.2) is 4.79 Å². The zero-order chi connectivity index (χ0) is 13.7. The fourth-order valence-corrected chi connectivity index (χ4v) is 1.45. The van der Waals surface area contributed by atoms with Gasteiger partial charge in [0.05, 0.1) is 0 Å². The Morgan fingerprint density at radius 1 is 1.28 bits per heavy atom. The third-order valence-corrected chi connectivity index (χ3v) is 2.47. The van der Waals surface area contributed by atoms with Crippen LogP contribution in [0.2, 0.25) is 0 Å². The van der Waals surface area contributed by atoms with Gasteiger partial charge in [-0.1, -0.05) is 24.3 Å². The normalized spacial score (nSPS) is 11.6. The van der Waals surface area contributed by atoms with E-state index in [1.165, 1.54) is 19.1 Å². The van der Waals surface area contributed by atoms with Gasteiger partial charge in [-0.05, 0) is 12.3 Å². The van der Waals surface area contributed by atoms with E-state index in [1.54, 1.807) is 12.1 Å². The lowest BCUT2D eigenvalue weighted by Crippen LogP contribution is -2.20. The van der Waals surface area contributed by atoms with E-state index in [2.05, 4.69) is 11.7 Å². The van der Waals surface area contributed by atoms with Gasteiger partial charge in [-0.15, -0.1) is 0 Å². The summed E-state index contributed by atoms with van der Waals surface area (Å²) >= 11 is 0. The summed E-state index contributed by atoms with van der Waals surface area (Å²) in [4.78, 5) is 36.5. The average Bonchev–Trinajstić information content (AvgIpc) is 2.35. The van der Waals surface area contributed by atoms with E-state index in [-0.39, 0.29) is 6.42 Å².